The normalized spacial score (nSPS) is 15.8. The van der Waals surface area contributed by atoms with E-state index in [-0.39, 0.29) is 11.8 Å². The Balaban J connectivity index is 1.62. The minimum atomic E-state index is -0.0652. The standard InChI is InChI=1S/C21H21N3O3/c1-13-20-16(11-19(25)22-21(20)24-23-13)15-8-9-17(18(10-15)26-2)27-12-14-6-4-3-5-7-14/h3-10,16H,11-12H2,1-2H3,(H2,22,23,24,25)/t16-/m0/s1. The van der Waals surface area contributed by atoms with Crippen molar-refractivity contribution < 1.29 is 14.3 Å². The third-order valence-electron chi connectivity index (χ3n) is 4.82. The first kappa shape index (κ1) is 17.1. The van der Waals surface area contributed by atoms with Crippen LogP contribution in [0.3, 0.4) is 0 Å². The topological polar surface area (TPSA) is 76.2 Å². The van der Waals surface area contributed by atoms with E-state index >= 15 is 0 Å². The predicted molar refractivity (Wildman–Crippen MR) is 102 cm³/mol. The number of aromatic nitrogens is 2. The molecule has 0 aliphatic carbocycles. The van der Waals surface area contributed by atoms with Gasteiger partial charge in [0.25, 0.3) is 0 Å². The summed E-state index contributed by atoms with van der Waals surface area (Å²) in [6.07, 6.45) is 0.376. The van der Waals surface area contributed by atoms with Gasteiger partial charge in [0.15, 0.2) is 17.3 Å². The Kier molecular flexibility index (Phi) is 4.54. The molecular formula is C21H21N3O3. The fourth-order valence-corrected chi connectivity index (χ4v) is 3.47. The van der Waals surface area contributed by atoms with Crippen molar-refractivity contribution in [3.05, 3.63) is 70.9 Å². The average Bonchev–Trinajstić information content (AvgIpc) is 3.07. The zero-order chi connectivity index (χ0) is 18.8. The van der Waals surface area contributed by atoms with Crippen LogP contribution in [0.25, 0.3) is 0 Å². The number of ether oxygens (including phenoxy) is 2. The molecule has 2 heterocycles. The highest BCUT2D eigenvalue weighted by Crippen LogP contribution is 2.40. The number of amides is 1. The Morgan fingerprint density at radius 2 is 1.96 bits per heavy atom. The summed E-state index contributed by atoms with van der Waals surface area (Å²) in [5.74, 6) is 1.83. The summed E-state index contributed by atoms with van der Waals surface area (Å²) in [6, 6.07) is 15.8. The number of nitrogens with one attached hydrogen (secondary N) is 2. The van der Waals surface area contributed by atoms with Gasteiger partial charge in [-0.2, -0.15) is 5.10 Å². The van der Waals surface area contributed by atoms with Crippen molar-refractivity contribution in [2.24, 2.45) is 0 Å². The van der Waals surface area contributed by atoms with Gasteiger partial charge in [-0.15, -0.1) is 0 Å². The lowest BCUT2D eigenvalue weighted by Gasteiger charge is -2.23. The number of aromatic amines is 1. The number of aryl methyl sites for hydroxylation is 1. The van der Waals surface area contributed by atoms with Gasteiger partial charge in [-0.1, -0.05) is 36.4 Å². The molecule has 6 nitrogen and oxygen atoms in total. The molecule has 0 fully saturated rings. The van der Waals surface area contributed by atoms with Crippen LogP contribution in [0.1, 0.15) is 34.7 Å². The molecule has 1 amide bonds. The lowest BCUT2D eigenvalue weighted by atomic mass is 9.85. The van der Waals surface area contributed by atoms with E-state index in [0.717, 1.165) is 22.4 Å². The monoisotopic (exact) mass is 363 g/mol. The van der Waals surface area contributed by atoms with Crippen LogP contribution in [-0.4, -0.2) is 23.2 Å². The van der Waals surface area contributed by atoms with Gasteiger partial charge in [0.2, 0.25) is 5.91 Å². The molecule has 0 unspecified atom stereocenters. The first-order valence-electron chi connectivity index (χ1n) is 8.85. The third-order valence-corrected chi connectivity index (χ3v) is 4.82. The van der Waals surface area contributed by atoms with Gasteiger partial charge >= 0.3 is 0 Å². The molecule has 138 valence electrons. The molecule has 1 aliphatic heterocycles. The molecule has 1 atom stereocenters. The van der Waals surface area contributed by atoms with Gasteiger partial charge in [-0.3, -0.25) is 9.89 Å². The molecule has 0 saturated heterocycles. The summed E-state index contributed by atoms with van der Waals surface area (Å²) in [6.45, 7) is 2.43. The lowest BCUT2D eigenvalue weighted by Crippen LogP contribution is -2.23. The fraction of sp³-hybridized carbons (Fsp3) is 0.238. The molecule has 27 heavy (non-hydrogen) atoms. The van der Waals surface area contributed by atoms with Crippen LogP contribution >= 0.6 is 0 Å². The van der Waals surface area contributed by atoms with Gasteiger partial charge in [0, 0.05) is 23.6 Å². The molecular weight excluding hydrogens is 342 g/mol. The molecule has 3 aromatic rings. The van der Waals surface area contributed by atoms with Crippen molar-refractivity contribution in [1.29, 1.82) is 0 Å². The summed E-state index contributed by atoms with van der Waals surface area (Å²) in [5.41, 5.74) is 4.07. The lowest BCUT2D eigenvalue weighted by molar-refractivity contribution is -0.116. The molecule has 4 rings (SSSR count). The number of carbonyl (C=O) groups excluding carboxylic acids is 1. The highest BCUT2D eigenvalue weighted by Gasteiger charge is 2.30. The van der Waals surface area contributed by atoms with Gasteiger partial charge in [0.05, 0.1) is 7.11 Å². The van der Waals surface area contributed by atoms with Crippen LogP contribution in [0.15, 0.2) is 48.5 Å². The second-order valence-electron chi connectivity index (χ2n) is 6.60. The van der Waals surface area contributed by atoms with Crippen LogP contribution in [0.4, 0.5) is 5.82 Å². The summed E-state index contributed by atoms with van der Waals surface area (Å²) in [7, 11) is 1.62. The maximum atomic E-state index is 12.1. The van der Waals surface area contributed by atoms with E-state index in [9.17, 15) is 4.79 Å². The second kappa shape index (κ2) is 7.15. The number of methoxy groups -OCH3 is 1. The van der Waals surface area contributed by atoms with Crippen LogP contribution in [0, 0.1) is 6.92 Å². The summed E-state index contributed by atoms with van der Waals surface area (Å²) in [4.78, 5) is 12.1. The number of benzene rings is 2. The second-order valence-corrected chi connectivity index (χ2v) is 6.60. The Labute approximate surface area is 157 Å². The van der Waals surface area contributed by atoms with Crippen molar-refractivity contribution in [2.45, 2.75) is 25.9 Å². The molecule has 0 saturated carbocycles. The molecule has 0 bridgehead atoms. The number of fused-ring (bicyclic) bond motifs is 1. The van der Waals surface area contributed by atoms with E-state index in [1.165, 1.54) is 0 Å². The smallest absolute Gasteiger partial charge is 0.226 e. The molecule has 2 aromatic carbocycles. The average molecular weight is 363 g/mol. The Morgan fingerprint density at radius 3 is 2.74 bits per heavy atom. The molecule has 1 aromatic heterocycles. The van der Waals surface area contributed by atoms with E-state index < -0.39 is 0 Å². The van der Waals surface area contributed by atoms with Crippen LogP contribution in [0.2, 0.25) is 0 Å². The van der Waals surface area contributed by atoms with Gasteiger partial charge in [0.1, 0.15) is 6.61 Å². The SMILES string of the molecule is COc1cc([C@@H]2CC(=O)Nc3n[nH]c(C)c32)ccc1OCc1ccccc1. The zero-order valence-electron chi connectivity index (χ0n) is 15.3. The maximum Gasteiger partial charge on any atom is 0.226 e. The highest BCUT2D eigenvalue weighted by atomic mass is 16.5. The molecule has 0 spiro atoms. The number of nitrogens with zero attached hydrogens (tertiary/aromatic N) is 1. The number of H-pyrrole nitrogens is 1. The van der Waals surface area contributed by atoms with Crippen LogP contribution in [-0.2, 0) is 11.4 Å². The summed E-state index contributed by atoms with van der Waals surface area (Å²) < 4.78 is 11.5. The number of hydrogen-bond acceptors (Lipinski definition) is 4. The first-order chi connectivity index (χ1) is 13.2. The first-order valence-corrected chi connectivity index (χ1v) is 8.85. The minimum absolute atomic E-state index is 0.0395. The van der Waals surface area contributed by atoms with E-state index in [1.807, 2.05) is 55.5 Å². The Morgan fingerprint density at radius 1 is 1.15 bits per heavy atom. The third kappa shape index (κ3) is 3.38. The van der Waals surface area contributed by atoms with E-state index in [2.05, 4.69) is 15.5 Å². The predicted octanol–water partition coefficient (Wildman–Crippen LogP) is 3.78. The van der Waals surface area contributed by atoms with Gasteiger partial charge in [-0.05, 0) is 30.2 Å². The molecule has 1 aliphatic rings. The molecule has 6 heteroatoms. The van der Waals surface area contributed by atoms with Crippen molar-refractivity contribution in [1.82, 2.24) is 10.2 Å². The molecule has 0 radical (unpaired) electrons. The fourth-order valence-electron chi connectivity index (χ4n) is 3.47. The summed E-state index contributed by atoms with van der Waals surface area (Å²) >= 11 is 0. The van der Waals surface area contributed by atoms with Gasteiger partial charge < -0.3 is 14.8 Å². The van der Waals surface area contributed by atoms with Crippen molar-refractivity contribution in [2.75, 3.05) is 12.4 Å². The Bertz CT molecular complexity index is 966. The van der Waals surface area contributed by atoms with Crippen molar-refractivity contribution >= 4 is 11.7 Å². The quantitative estimate of drug-likeness (QED) is 0.723. The number of carbonyl (C=O) groups is 1. The largest absolute Gasteiger partial charge is 0.493 e. The van der Waals surface area contributed by atoms with Crippen LogP contribution in [0.5, 0.6) is 11.5 Å². The Hall–Kier alpha value is -3.28. The maximum absolute atomic E-state index is 12.1. The zero-order valence-corrected chi connectivity index (χ0v) is 15.3. The van der Waals surface area contributed by atoms with E-state index in [0.29, 0.717) is 30.3 Å². The molecule has 2 N–H and O–H groups in total. The summed E-state index contributed by atoms with van der Waals surface area (Å²) in [5, 5.41) is 9.97. The number of rotatable bonds is 5. The number of anilines is 1. The minimum Gasteiger partial charge on any atom is -0.493 e. The van der Waals surface area contributed by atoms with E-state index in [1.54, 1.807) is 7.11 Å². The number of hydrogen-bond donors (Lipinski definition) is 2. The van der Waals surface area contributed by atoms with Crippen molar-refractivity contribution in [3.63, 3.8) is 0 Å². The van der Waals surface area contributed by atoms with E-state index in [4.69, 9.17) is 9.47 Å². The van der Waals surface area contributed by atoms with Crippen LogP contribution < -0.4 is 14.8 Å². The highest BCUT2D eigenvalue weighted by molar-refractivity contribution is 5.94. The van der Waals surface area contributed by atoms with Crippen molar-refractivity contribution in [3.8, 4) is 11.5 Å². The van der Waals surface area contributed by atoms with Gasteiger partial charge in [-0.25, -0.2) is 0 Å².